The number of hydrogen-bond donors (Lipinski definition) is 3. The Labute approximate surface area is 101 Å². The summed E-state index contributed by atoms with van der Waals surface area (Å²) in [7, 11) is 0. The lowest BCUT2D eigenvalue weighted by Gasteiger charge is -2.20. The Hall–Kier alpha value is -0.610. The molecule has 3 unspecified atom stereocenters. The van der Waals surface area contributed by atoms with Crippen LogP contribution in [-0.4, -0.2) is 12.2 Å². The first kappa shape index (κ1) is 11.9. The molecule has 1 heterocycles. The van der Waals surface area contributed by atoms with Crippen molar-refractivity contribution < 1.29 is 0 Å². The molecule has 0 bridgehead atoms. The quantitative estimate of drug-likeness (QED) is 0.756. The number of hydrazine groups is 1. The van der Waals surface area contributed by atoms with Crippen LogP contribution in [0.4, 0.5) is 0 Å². The van der Waals surface area contributed by atoms with Crippen LogP contribution in [0.1, 0.15) is 31.2 Å². The maximum atomic E-state index is 6.06. The Morgan fingerprint density at radius 2 is 1.94 bits per heavy atom. The molecule has 1 fully saturated rings. The van der Waals surface area contributed by atoms with Crippen LogP contribution in [0.5, 0.6) is 0 Å². The maximum absolute atomic E-state index is 6.06. The molecule has 0 radical (unpaired) electrons. The minimum Gasteiger partial charge on any atom is -0.314 e. The highest BCUT2D eigenvalue weighted by atomic mass is 35.5. The lowest BCUT2D eigenvalue weighted by Crippen LogP contribution is -2.38. The van der Waals surface area contributed by atoms with Crippen LogP contribution in [0.15, 0.2) is 24.3 Å². The highest BCUT2D eigenvalue weighted by molar-refractivity contribution is 6.30. The van der Waals surface area contributed by atoms with E-state index in [1.807, 2.05) is 12.1 Å². The second-order valence-corrected chi connectivity index (χ2v) is 4.72. The van der Waals surface area contributed by atoms with Crippen LogP contribution < -0.4 is 16.6 Å². The van der Waals surface area contributed by atoms with Gasteiger partial charge in [-0.1, -0.05) is 37.1 Å². The van der Waals surface area contributed by atoms with Crippen molar-refractivity contribution in [3.05, 3.63) is 34.9 Å². The summed E-state index contributed by atoms with van der Waals surface area (Å²) in [6.45, 7) is 2.18. The molecule has 0 aliphatic carbocycles. The zero-order valence-electron chi connectivity index (χ0n) is 9.41. The number of rotatable bonds is 3. The molecule has 0 saturated carbocycles. The largest absolute Gasteiger partial charge is 0.314 e. The van der Waals surface area contributed by atoms with Crippen LogP contribution in [-0.2, 0) is 0 Å². The third kappa shape index (κ3) is 2.38. The van der Waals surface area contributed by atoms with Gasteiger partial charge < -0.3 is 5.73 Å². The van der Waals surface area contributed by atoms with Gasteiger partial charge in [0.15, 0.2) is 0 Å². The van der Waals surface area contributed by atoms with E-state index in [2.05, 4.69) is 29.9 Å². The summed E-state index contributed by atoms with van der Waals surface area (Å²) in [4.78, 5) is 0. The molecule has 4 N–H and O–H groups in total. The SMILES string of the molecule is CCCC1NNC(N)C1c1ccc(Cl)cc1. The molecular weight excluding hydrogens is 222 g/mol. The predicted molar refractivity (Wildman–Crippen MR) is 67.1 cm³/mol. The van der Waals surface area contributed by atoms with Gasteiger partial charge in [-0.3, -0.25) is 5.43 Å². The third-order valence-corrected chi connectivity index (χ3v) is 3.36. The highest BCUT2D eigenvalue weighted by Crippen LogP contribution is 2.28. The van der Waals surface area contributed by atoms with Crippen molar-refractivity contribution in [2.45, 2.75) is 37.9 Å². The van der Waals surface area contributed by atoms with Crippen LogP contribution in [0.3, 0.4) is 0 Å². The van der Waals surface area contributed by atoms with E-state index in [1.54, 1.807) is 0 Å². The molecule has 1 aliphatic heterocycles. The molecule has 1 aromatic carbocycles. The van der Waals surface area contributed by atoms with Gasteiger partial charge >= 0.3 is 0 Å². The minimum atomic E-state index is -0.0299. The van der Waals surface area contributed by atoms with Crippen molar-refractivity contribution in [1.29, 1.82) is 0 Å². The Kier molecular flexibility index (Phi) is 3.82. The summed E-state index contributed by atoms with van der Waals surface area (Å²) in [6.07, 6.45) is 2.24. The summed E-state index contributed by atoms with van der Waals surface area (Å²) in [5.41, 5.74) is 13.7. The average molecular weight is 240 g/mol. The Morgan fingerprint density at radius 3 is 2.56 bits per heavy atom. The van der Waals surface area contributed by atoms with E-state index in [-0.39, 0.29) is 6.17 Å². The predicted octanol–water partition coefficient (Wildman–Crippen LogP) is 1.98. The smallest absolute Gasteiger partial charge is 0.0764 e. The fraction of sp³-hybridized carbons (Fsp3) is 0.500. The standard InChI is InChI=1S/C12H18ClN3/c1-2-3-10-11(12(14)16-15-10)8-4-6-9(13)7-5-8/h4-7,10-12,15-16H,2-3,14H2,1H3. The normalized spacial score (nSPS) is 29.6. The lowest BCUT2D eigenvalue weighted by atomic mass is 9.88. The molecule has 4 heteroatoms. The fourth-order valence-electron chi connectivity index (χ4n) is 2.32. The van der Waals surface area contributed by atoms with E-state index in [9.17, 15) is 0 Å². The van der Waals surface area contributed by atoms with E-state index in [1.165, 1.54) is 5.56 Å². The van der Waals surface area contributed by atoms with Crippen molar-refractivity contribution in [3.8, 4) is 0 Å². The van der Waals surface area contributed by atoms with E-state index >= 15 is 0 Å². The molecule has 88 valence electrons. The second kappa shape index (κ2) is 5.15. The minimum absolute atomic E-state index is 0.0299. The second-order valence-electron chi connectivity index (χ2n) is 4.29. The first-order valence-electron chi connectivity index (χ1n) is 5.74. The zero-order valence-corrected chi connectivity index (χ0v) is 10.2. The number of halogens is 1. The molecule has 2 rings (SSSR count). The lowest BCUT2D eigenvalue weighted by molar-refractivity contribution is 0.485. The third-order valence-electron chi connectivity index (χ3n) is 3.11. The number of nitrogens with two attached hydrogens (primary N) is 1. The van der Waals surface area contributed by atoms with Gasteiger partial charge in [0.2, 0.25) is 0 Å². The summed E-state index contributed by atoms with van der Waals surface area (Å²) < 4.78 is 0. The number of benzene rings is 1. The first-order valence-corrected chi connectivity index (χ1v) is 6.12. The summed E-state index contributed by atoms with van der Waals surface area (Å²) >= 11 is 5.89. The van der Waals surface area contributed by atoms with Gasteiger partial charge in [-0.05, 0) is 24.1 Å². The van der Waals surface area contributed by atoms with Gasteiger partial charge in [-0.2, -0.15) is 0 Å². The molecule has 3 nitrogen and oxygen atoms in total. The van der Waals surface area contributed by atoms with Gasteiger partial charge in [0.05, 0.1) is 6.17 Å². The summed E-state index contributed by atoms with van der Waals surface area (Å²) in [6, 6.07) is 8.37. The molecule has 16 heavy (non-hydrogen) atoms. The van der Waals surface area contributed by atoms with Crippen molar-refractivity contribution in [2.24, 2.45) is 5.73 Å². The maximum Gasteiger partial charge on any atom is 0.0764 e. The zero-order chi connectivity index (χ0) is 11.5. The fourth-order valence-corrected chi connectivity index (χ4v) is 2.45. The van der Waals surface area contributed by atoms with Gasteiger partial charge in [-0.25, -0.2) is 5.43 Å². The van der Waals surface area contributed by atoms with Crippen LogP contribution >= 0.6 is 11.6 Å². The van der Waals surface area contributed by atoms with E-state index in [0.29, 0.717) is 12.0 Å². The Balaban J connectivity index is 2.19. The van der Waals surface area contributed by atoms with Crippen molar-refractivity contribution in [2.75, 3.05) is 0 Å². The van der Waals surface area contributed by atoms with E-state index < -0.39 is 0 Å². The molecular formula is C12H18ClN3. The van der Waals surface area contributed by atoms with Crippen molar-refractivity contribution in [3.63, 3.8) is 0 Å². The summed E-state index contributed by atoms with van der Waals surface area (Å²) in [5.74, 6) is 0.317. The molecule has 0 aromatic heterocycles. The Bertz CT molecular complexity index is 337. The topological polar surface area (TPSA) is 50.1 Å². The van der Waals surface area contributed by atoms with Gasteiger partial charge in [-0.15, -0.1) is 0 Å². The Morgan fingerprint density at radius 1 is 1.25 bits per heavy atom. The van der Waals surface area contributed by atoms with Gasteiger partial charge in [0, 0.05) is 17.0 Å². The highest BCUT2D eigenvalue weighted by Gasteiger charge is 2.33. The molecule has 1 aromatic rings. The van der Waals surface area contributed by atoms with Gasteiger partial charge in [0.1, 0.15) is 0 Å². The molecule has 0 amide bonds. The van der Waals surface area contributed by atoms with Crippen molar-refractivity contribution in [1.82, 2.24) is 10.9 Å². The van der Waals surface area contributed by atoms with Crippen molar-refractivity contribution >= 4 is 11.6 Å². The van der Waals surface area contributed by atoms with E-state index in [0.717, 1.165) is 17.9 Å². The van der Waals surface area contributed by atoms with Crippen LogP contribution in [0.2, 0.25) is 5.02 Å². The summed E-state index contributed by atoms with van der Waals surface area (Å²) in [5, 5.41) is 0.767. The number of hydrogen-bond acceptors (Lipinski definition) is 3. The van der Waals surface area contributed by atoms with E-state index in [4.69, 9.17) is 17.3 Å². The van der Waals surface area contributed by atoms with Crippen LogP contribution in [0, 0.1) is 0 Å². The molecule has 1 saturated heterocycles. The monoisotopic (exact) mass is 239 g/mol. The molecule has 1 aliphatic rings. The number of nitrogens with one attached hydrogen (secondary N) is 2. The van der Waals surface area contributed by atoms with Gasteiger partial charge in [0.25, 0.3) is 0 Å². The molecule has 3 atom stereocenters. The molecule has 0 spiro atoms. The van der Waals surface area contributed by atoms with Crippen LogP contribution in [0.25, 0.3) is 0 Å². The first-order chi connectivity index (χ1) is 7.72. The average Bonchev–Trinajstić information content (AvgIpc) is 2.62.